The molecule has 2 atom stereocenters. The first kappa shape index (κ1) is 21.7. The summed E-state index contributed by atoms with van der Waals surface area (Å²) in [7, 11) is 0. The predicted molar refractivity (Wildman–Crippen MR) is 125 cm³/mol. The average Bonchev–Trinajstić information content (AvgIpc) is 2.67. The summed E-state index contributed by atoms with van der Waals surface area (Å²) < 4.78 is 1.35. The lowest BCUT2D eigenvalue weighted by Gasteiger charge is -2.65. The van der Waals surface area contributed by atoms with Gasteiger partial charge in [-0.05, 0) is 78.9 Å². The summed E-state index contributed by atoms with van der Waals surface area (Å²) in [6, 6.07) is 6.42. The Morgan fingerprint density at radius 3 is 2.38 bits per heavy atom. The van der Waals surface area contributed by atoms with E-state index in [1.807, 2.05) is 6.07 Å². The van der Waals surface area contributed by atoms with E-state index in [2.05, 4.69) is 19.2 Å². The number of aliphatic hydroxyl groups is 2. The number of fused-ring (bicyclic) bond motifs is 1. The zero-order valence-corrected chi connectivity index (χ0v) is 19.1. The second-order valence-corrected chi connectivity index (χ2v) is 11.7. The van der Waals surface area contributed by atoms with Crippen molar-refractivity contribution >= 4 is 22.4 Å². The highest BCUT2D eigenvalue weighted by molar-refractivity contribution is 6.02. The van der Waals surface area contributed by atoms with Crippen molar-refractivity contribution in [3.8, 4) is 0 Å². The van der Waals surface area contributed by atoms with E-state index in [0.717, 1.165) is 25.2 Å². The summed E-state index contributed by atoms with van der Waals surface area (Å²) in [4.78, 5) is 26.2. The summed E-state index contributed by atoms with van der Waals surface area (Å²) in [5, 5.41) is 23.2. The van der Waals surface area contributed by atoms with Crippen LogP contribution in [0, 0.1) is 22.2 Å². The Morgan fingerprint density at radius 2 is 1.75 bits per heavy atom. The second-order valence-electron chi connectivity index (χ2n) is 11.7. The molecule has 4 fully saturated rings. The first-order chi connectivity index (χ1) is 15.2. The van der Waals surface area contributed by atoms with Crippen LogP contribution in [-0.2, 0) is 4.79 Å². The molecule has 0 aliphatic heterocycles. The van der Waals surface area contributed by atoms with Crippen LogP contribution in [0.2, 0.25) is 0 Å². The number of hydrogen-bond donors (Lipinski definition) is 3. The lowest BCUT2D eigenvalue weighted by molar-refractivity contribution is -0.153. The standard InChI is InChI=1S/C26H34N2O4/c1-24-8-17-9-25(2,14-24)16-26(10-17,15-24)11-22(31)27-21-5-3-4-20-19(21)6-7-28(23(20)32)18(12-29)13-30/h3-7,17-18,29-30H,8-16H2,1-2H3,(H,27,31). The zero-order chi connectivity index (χ0) is 22.7. The molecular formula is C26H34N2O4. The topological polar surface area (TPSA) is 91.6 Å². The Morgan fingerprint density at radius 1 is 1.06 bits per heavy atom. The van der Waals surface area contributed by atoms with E-state index in [0.29, 0.717) is 33.7 Å². The molecule has 0 saturated heterocycles. The maximum atomic E-state index is 13.2. The molecule has 1 heterocycles. The van der Waals surface area contributed by atoms with Crippen LogP contribution in [-0.4, -0.2) is 33.9 Å². The van der Waals surface area contributed by atoms with E-state index in [1.165, 1.54) is 23.8 Å². The minimum Gasteiger partial charge on any atom is -0.394 e. The molecule has 1 aromatic heterocycles. The molecule has 1 amide bonds. The summed E-state index contributed by atoms with van der Waals surface area (Å²) in [5.41, 5.74) is 1.20. The SMILES string of the molecule is CC12CC3CC(C)(C1)CC(CC(=O)Nc1cccc4c(=O)n(C(CO)CO)ccc14)(C3)C2. The van der Waals surface area contributed by atoms with Crippen LogP contribution in [0.25, 0.3) is 10.8 Å². The van der Waals surface area contributed by atoms with Gasteiger partial charge in [0, 0.05) is 29.1 Å². The van der Waals surface area contributed by atoms with Gasteiger partial charge in [-0.25, -0.2) is 0 Å². The molecule has 0 radical (unpaired) electrons. The smallest absolute Gasteiger partial charge is 0.258 e. The third-order valence-electron chi connectivity index (χ3n) is 8.34. The molecule has 6 nitrogen and oxygen atoms in total. The highest BCUT2D eigenvalue weighted by Crippen LogP contribution is 2.70. The van der Waals surface area contributed by atoms with Gasteiger partial charge in [-0.2, -0.15) is 0 Å². The Hall–Kier alpha value is -2.18. The molecule has 2 unspecified atom stereocenters. The van der Waals surface area contributed by atoms with Crippen molar-refractivity contribution in [2.75, 3.05) is 18.5 Å². The molecule has 4 aliphatic rings. The number of carbonyl (C=O) groups is 1. The predicted octanol–water partition coefficient (Wildman–Crippen LogP) is 3.85. The van der Waals surface area contributed by atoms with Gasteiger partial charge in [-0.15, -0.1) is 0 Å². The van der Waals surface area contributed by atoms with Crippen LogP contribution >= 0.6 is 0 Å². The third-order valence-corrected chi connectivity index (χ3v) is 8.34. The van der Waals surface area contributed by atoms with Crippen LogP contribution < -0.4 is 10.9 Å². The highest BCUT2D eigenvalue weighted by Gasteiger charge is 2.60. The Kier molecular flexibility index (Phi) is 5.02. The molecule has 172 valence electrons. The van der Waals surface area contributed by atoms with Crippen molar-refractivity contribution in [2.45, 2.75) is 64.8 Å². The molecular weight excluding hydrogens is 404 g/mol. The molecule has 4 aliphatic carbocycles. The number of benzene rings is 1. The number of aromatic nitrogens is 1. The Bertz CT molecular complexity index is 1100. The number of carbonyl (C=O) groups excluding carboxylic acids is 1. The zero-order valence-electron chi connectivity index (χ0n) is 19.1. The molecule has 1 aromatic carbocycles. The Balaban J connectivity index is 1.40. The highest BCUT2D eigenvalue weighted by atomic mass is 16.3. The van der Waals surface area contributed by atoms with Crippen LogP contribution in [0.1, 0.15) is 64.8 Å². The number of nitrogens with zero attached hydrogens (tertiary/aromatic N) is 1. The molecule has 4 saturated carbocycles. The quantitative estimate of drug-likeness (QED) is 0.639. The first-order valence-corrected chi connectivity index (χ1v) is 11.8. The maximum absolute atomic E-state index is 13.2. The fraction of sp³-hybridized carbons (Fsp3) is 0.615. The monoisotopic (exact) mass is 438 g/mol. The van der Waals surface area contributed by atoms with Crippen molar-refractivity contribution in [2.24, 2.45) is 22.2 Å². The normalized spacial score (nSPS) is 33.2. The van der Waals surface area contributed by atoms with Gasteiger partial charge in [0.15, 0.2) is 0 Å². The van der Waals surface area contributed by atoms with Crippen LogP contribution in [0.15, 0.2) is 35.3 Å². The van der Waals surface area contributed by atoms with Gasteiger partial charge >= 0.3 is 0 Å². The minimum atomic E-state index is -0.677. The van der Waals surface area contributed by atoms with E-state index < -0.39 is 6.04 Å². The summed E-state index contributed by atoms with van der Waals surface area (Å²) in [6.45, 7) is 4.20. The minimum absolute atomic E-state index is 0.0272. The van der Waals surface area contributed by atoms with Crippen molar-refractivity contribution in [3.63, 3.8) is 0 Å². The fourth-order valence-corrected chi connectivity index (χ4v) is 8.34. The third kappa shape index (κ3) is 3.57. The molecule has 2 aromatic rings. The fourth-order valence-electron chi connectivity index (χ4n) is 8.34. The van der Waals surface area contributed by atoms with E-state index >= 15 is 0 Å². The lowest BCUT2D eigenvalue weighted by Crippen LogP contribution is -2.55. The molecule has 32 heavy (non-hydrogen) atoms. The van der Waals surface area contributed by atoms with Crippen LogP contribution in [0.4, 0.5) is 5.69 Å². The molecule has 3 N–H and O–H groups in total. The number of amides is 1. The number of pyridine rings is 1. The van der Waals surface area contributed by atoms with Crippen LogP contribution in [0.3, 0.4) is 0 Å². The number of rotatable bonds is 6. The van der Waals surface area contributed by atoms with Gasteiger partial charge in [0.25, 0.3) is 5.56 Å². The lowest BCUT2D eigenvalue weighted by atomic mass is 9.40. The number of aliphatic hydroxyl groups excluding tert-OH is 2. The molecule has 0 spiro atoms. The summed E-state index contributed by atoms with van der Waals surface area (Å²) in [6.07, 6.45) is 9.48. The summed E-state index contributed by atoms with van der Waals surface area (Å²) in [5.74, 6) is 0.774. The van der Waals surface area contributed by atoms with Crippen molar-refractivity contribution < 1.29 is 15.0 Å². The van der Waals surface area contributed by atoms with Crippen molar-refractivity contribution in [1.82, 2.24) is 4.57 Å². The second kappa shape index (κ2) is 7.42. The van der Waals surface area contributed by atoms with E-state index in [1.54, 1.807) is 24.4 Å². The number of anilines is 1. The number of hydrogen-bond acceptors (Lipinski definition) is 4. The largest absolute Gasteiger partial charge is 0.394 e. The van der Waals surface area contributed by atoms with Gasteiger partial charge in [0.05, 0.1) is 19.3 Å². The molecule has 4 bridgehead atoms. The van der Waals surface area contributed by atoms with Gasteiger partial charge in [0.1, 0.15) is 0 Å². The van der Waals surface area contributed by atoms with E-state index in [-0.39, 0.29) is 30.1 Å². The van der Waals surface area contributed by atoms with Gasteiger partial charge < -0.3 is 20.1 Å². The maximum Gasteiger partial charge on any atom is 0.258 e. The van der Waals surface area contributed by atoms with Gasteiger partial charge in [-0.1, -0.05) is 19.9 Å². The average molecular weight is 439 g/mol. The molecule has 6 rings (SSSR count). The van der Waals surface area contributed by atoms with Crippen LogP contribution in [0.5, 0.6) is 0 Å². The van der Waals surface area contributed by atoms with Crippen molar-refractivity contribution in [3.05, 3.63) is 40.8 Å². The summed E-state index contributed by atoms with van der Waals surface area (Å²) >= 11 is 0. The van der Waals surface area contributed by atoms with Gasteiger partial charge in [-0.3, -0.25) is 9.59 Å². The number of nitrogens with one attached hydrogen (secondary N) is 1. The van der Waals surface area contributed by atoms with E-state index in [9.17, 15) is 19.8 Å². The first-order valence-electron chi connectivity index (χ1n) is 11.8. The van der Waals surface area contributed by atoms with E-state index in [4.69, 9.17) is 0 Å². The molecule has 6 heteroatoms. The van der Waals surface area contributed by atoms with Gasteiger partial charge in [0.2, 0.25) is 5.91 Å². The van der Waals surface area contributed by atoms with Crippen molar-refractivity contribution in [1.29, 1.82) is 0 Å². The Labute approximate surface area is 188 Å².